The van der Waals surface area contributed by atoms with Gasteiger partial charge < -0.3 is 14.3 Å². The smallest absolute Gasteiger partial charge is 0.276 e. The van der Waals surface area contributed by atoms with Gasteiger partial charge in [-0.2, -0.15) is 0 Å². The summed E-state index contributed by atoms with van der Waals surface area (Å²) in [4.78, 5) is 21.7. The van der Waals surface area contributed by atoms with E-state index >= 15 is 0 Å². The number of rotatable bonds is 4. The summed E-state index contributed by atoms with van der Waals surface area (Å²) in [5.41, 5.74) is 3.77. The minimum Gasteiger partial charge on any atom is -0.360 e. The zero-order chi connectivity index (χ0) is 18.1. The van der Waals surface area contributed by atoms with Crippen molar-refractivity contribution in [3.63, 3.8) is 0 Å². The first-order chi connectivity index (χ1) is 12.6. The largest absolute Gasteiger partial charge is 0.360 e. The number of fused-ring (bicyclic) bond motifs is 1. The molecule has 0 aromatic carbocycles. The lowest BCUT2D eigenvalue weighted by molar-refractivity contribution is 0.0724. The molecule has 0 spiro atoms. The van der Waals surface area contributed by atoms with Gasteiger partial charge in [-0.1, -0.05) is 5.16 Å². The van der Waals surface area contributed by atoms with Crippen molar-refractivity contribution in [3.05, 3.63) is 46.6 Å². The molecule has 6 heteroatoms. The van der Waals surface area contributed by atoms with Gasteiger partial charge in [0.1, 0.15) is 5.76 Å². The van der Waals surface area contributed by atoms with E-state index in [1.54, 1.807) is 0 Å². The molecule has 0 radical (unpaired) electrons. The van der Waals surface area contributed by atoms with Crippen LogP contribution in [0.1, 0.15) is 64.8 Å². The second-order valence-electron chi connectivity index (χ2n) is 7.61. The van der Waals surface area contributed by atoms with E-state index in [1.165, 1.54) is 5.56 Å². The summed E-state index contributed by atoms with van der Waals surface area (Å²) in [6.07, 6.45) is 7.88. The lowest BCUT2D eigenvalue weighted by atomic mass is 9.96. The molecule has 0 saturated carbocycles. The lowest BCUT2D eigenvalue weighted by Gasteiger charge is -2.25. The summed E-state index contributed by atoms with van der Waals surface area (Å²) < 4.78 is 5.46. The first-order valence-electron chi connectivity index (χ1n) is 9.51. The summed E-state index contributed by atoms with van der Waals surface area (Å²) >= 11 is 0. The van der Waals surface area contributed by atoms with Crippen LogP contribution in [0.4, 0.5) is 0 Å². The molecule has 3 heterocycles. The van der Waals surface area contributed by atoms with Gasteiger partial charge in [-0.15, -0.1) is 0 Å². The van der Waals surface area contributed by atoms with Gasteiger partial charge in [0.05, 0.1) is 11.7 Å². The molecule has 4 rings (SSSR count). The average molecular weight is 354 g/mol. The van der Waals surface area contributed by atoms with Crippen LogP contribution in [0.2, 0.25) is 0 Å². The maximum absolute atomic E-state index is 13.2. The van der Waals surface area contributed by atoms with Gasteiger partial charge in [0, 0.05) is 31.3 Å². The highest BCUT2D eigenvalue weighted by Gasteiger charge is 2.34. The fourth-order valence-corrected chi connectivity index (χ4v) is 4.16. The number of hydrogen-bond donors (Lipinski definition) is 0. The minimum absolute atomic E-state index is 0.0189. The Morgan fingerprint density at radius 2 is 2.15 bits per heavy atom. The summed E-state index contributed by atoms with van der Waals surface area (Å²) in [6, 6.07) is 4.27. The average Bonchev–Trinajstić information content (AvgIpc) is 3.28. The summed E-state index contributed by atoms with van der Waals surface area (Å²) in [5, 5.41) is 4.14. The zero-order valence-corrected chi connectivity index (χ0v) is 15.6. The number of hydrogen-bond acceptors (Lipinski definition) is 5. The zero-order valence-electron chi connectivity index (χ0n) is 15.6. The molecule has 1 atom stereocenters. The maximum Gasteiger partial charge on any atom is 0.276 e. The van der Waals surface area contributed by atoms with Crippen LogP contribution in [0.5, 0.6) is 0 Å². The van der Waals surface area contributed by atoms with E-state index in [1.807, 2.05) is 31.3 Å². The van der Waals surface area contributed by atoms with Gasteiger partial charge in [0.25, 0.3) is 5.91 Å². The number of carbonyl (C=O) groups is 1. The monoisotopic (exact) mass is 354 g/mol. The highest BCUT2D eigenvalue weighted by Crippen LogP contribution is 2.34. The molecule has 1 fully saturated rings. The van der Waals surface area contributed by atoms with E-state index in [4.69, 9.17) is 4.52 Å². The number of pyridine rings is 1. The van der Waals surface area contributed by atoms with Crippen LogP contribution in [-0.4, -0.2) is 46.5 Å². The molecule has 138 valence electrons. The van der Waals surface area contributed by atoms with Crippen molar-refractivity contribution in [2.45, 2.75) is 51.1 Å². The minimum atomic E-state index is 0.0189. The number of aryl methyl sites for hydroxylation is 1. The number of carbonyl (C=O) groups excluding carboxylic acids is 1. The van der Waals surface area contributed by atoms with Crippen molar-refractivity contribution in [1.29, 1.82) is 0 Å². The maximum atomic E-state index is 13.2. The molecule has 0 N–H and O–H groups in total. The number of aromatic nitrogens is 2. The Hall–Kier alpha value is -2.21. The van der Waals surface area contributed by atoms with E-state index in [9.17, 15) is 4.79 Å². The van der Waals surface area contributed by atoms with Crippen molar-refractivity contribution in [1.82, 2.24) is 19.9 Å². The Morgan fingerprint density at radius 1 is 1.31 bits per heavy atom. The first-order valence-corrected chi connectivity index (χ1v) is 9.51. The van der Waals surface area contributed by atoms with Crippen LogP contribution in [0.15, 0.2) is 22.9 Å². The molecule has 1 amide bonds. The first kappa shape index (κ1) is 17.2. The molecule has 1 aliphatic carbocycles. The van der Waals surface area contributed by atoms with E-state index in [2.05, 4.69) is 21.1 Å². The van der Waals surface area contributed by atoms with Gasteiger partial charge in [-0.05, 0) is 63.9 Å². The molecule has 2 aromatic heterocycles. The fourth-order valence-electron chi connectivity index (χ4n) is 4.16. The lowest BCUT2D eigenvalue weighted by Crippen LogP contribution is -2.31. The number of amides is 1. The molecule has 2 aliphatic rings. The van der Waals surface area contributed by atoms with Crippen LogP contribution >= 0.6 is 0 Å². The van der Waals surface area contributed by atoms with Gasteiger partial charge in [0.2, 0.25) is 0 Å². The number of likely N-dealkylation sites (tertiary alicyclic amines) is 1. The molecular weight excluding hydrogens is 328 g/mol. The van der Waals surface area contributed by atoms with Crippen LogP contribution in [-0.2, 0) is 19.4 Å². The topological polar surface area (TPSA) is 62.5 Å². The molecule has 2 aromatic rings. The van der Waals surface area contributed by atoms with Gasteiger partial charge in [-0.3, -0.25) is 9.78 Å². The molecule has 6 nitrogen and oxygen atoms in total. The Labute approximate surface area is 154 Å². The molecule has 1 saturated heterocycles. The second-order valence-corrected chi connectivity index (χ2v) is 7.61. The predicted molar refractivity (Wildman–Crippen MR) is 97.8 cm³/mol. The Morgan fingerprint density at radius 3 is 3.00 bits per heavy atom. The van der Waals surface area contributed by atoms with E-state index in [0.29, 0.717) is 5.69 Å². The van der Waals surface area contributed by atoms with Crippen LogP contribution in [0.25, 0.3) is 0 Å². The highest BCUT2D eigenvalue weighted by atomic mass is 16.5. The molecule has 26 heavy (non-hydrogen) atoms. The third-order valence-corrected chi connectivity index (χ3v) is 5.37. The summed E-state index contributed by atoms with van der Waals surface area (Å²) in [7, 11) is 4.07. The fraction of sp³-hybridized carbons (Fsp3) is 0.550. The van der Waals surface area contributed by atoms with Gasteiger partial charge in [-0.25, -0.2) is 0 Å². The van der Waals surface area contributed by atoms with Gasteiger partial charge >= 0.3 is 0 Å². The normalized spacial score (nSPS) is 19.8. The van der Waals surface area contributed by atoms with Crippen molar-refractivity contribution >= 4 is 5.91 Å². The van der Waals surface area contributed by atoms with E-state index in [0.717, 1.165) is 68.6 Å². The van der Waals surface area contributed by atoms with E-state index in [-0.39, 0.29) is 11.9 Å². The Balaban J connectivity index is 1.59. The van der Waals surface area contributed by atoms with Crippen molar-refractivity contribution < 1.29 is 9.32 Å². The van der Waals surface area contributed by atoms with Crippen LogP contribution in [0, 0.1) is 0 Å². The standard InChI is InChI=1S/C20H26N4O2/c1-23(2)13-15-12-14(9-10-21-15)17-7-5-11-24(17)20(25)19-16-6-3-4-8-18(16)26-22-19/h9-10,12,17H,3-8,11,13H2,1-2H3/t17-/m1/s1. The van der Waals surface area contributed by atoms with Crippen LogP contribution in [0.3, 0.4) is 0 Å². The molecule has 1 aliphatic heterocycles. The predicted octanol–water partition coefficient (Wildman–Crippen LogP) is 2.99. The molecular formula is C20H26N4O2. The quantitative estimate of drug-likeness (QED) is 0.845. The van der Waals surface area contributed by atoms with Crippen LogP contribution < -0.4 is 0 Å². The second kappa shape index (κ2) is 7.19. The molecule has 0 unspecified atom stereocenters. The number of nitrogens with zero attached hydrogens (tertiary/aromatic N) is 4. The third kappa shape index (κ3) is 3.26. The Bertz CT molecular complexity index is 799. The van der Waals surface area contributed by atoms with Gasteiger partial charge in [0.15, 0.2) is 5.69 Å². The SMILES string of the molecule is CN(C)Cc1cc([C@H]2CCCN2C(=O)c2noc3c2CCCC3)ccn1. The summed E-state index contributed by atoms with van der Waals surface area (Å²) in [5.74, 6) is 0.929. The third-order valence-electron chi connectivity index (χ3n) is 5.37. The Kier molecular flexibility index (Phi) is 4.76. The molecule has 0 bridgehead atoms. The van der Waals surface area contributed by atoms with E-state index < -0.39 is 0 Å². The highest BCUT2D eigenvalue weighted by molar-refractivity contribution is 5.94. The summed E-state index contributed by atoms with van der Waals surface area (Å²) in [6.45, 7) is 1.57. The van der Waals surface area contributed by atoms with Crippen molar-refractivity contribution in [2.24, 2.45) is 0 Å². The van der Waals surface area contributed by atoms with Crippen molar-refractivity contribution in [2.75, 3.05) is 20.6 Å². The van der Waals surface area contributed by atoms with Crippen molar-refractivity contribution in [3.8, 4) is 0 Å².